The van der Waals surface area contributed by atoms with Crippen LogP contribution >= 0.6 is 0 Å². The summed E-state index contributed by atoms with van der Waals surface area (Å²) in [5.41, 5.74) is 0. The summed E-state index contributed by atoms with van der Waals surface area (Å²) in [5.74, 6) is 0.224. The second kappa shape index (κ2) is 5.82. The van der Waals surface area contributed by atoms with E-state index in [0.717, 1.165) is 19.6 Å². The molecule has 0 aromatic heterocycles. The molecule has 0 aromatic rings. The summed E-state index contributed by atoms with van der Waals surface area (Å²) in [4.78, 5) is 2.35. The van der Waals surface area contributed by atoms with Gasteiger partial charge in [0, 0.05) is 26.2 Å². The number of sulfonamides is 1. The zero-order valence-electron chi connectivity index (χ0n) is 9.78. The first-order valence-electron chi connectivity index (χ1n) is 5.80. The molecule has 0 atom stereocenters. The van der Waals surface area contributed by atoms with Crippen molar-refractivity contribution in [1.82, 2.24) is 9.21 Å². The Hall–Kier alpha value is -0.130. The van der Waals surface area contributed by atoms with Crippen LogP contribution in [0, 0.1) is 0 Å². The van der Waals surface area contributed by atoms with Crippen molar-refractivity contribution >= 4 is 10.0 Å². The Kier molecular flexibility index (Phi) is 5.02. The van der Waals surface area contributed by atoms with E-state index in [1.165, 1.54) is 12.8 Å². The van der Waals surface area contributed by atoms with Crippen LogP contribution in [0.3, 0.4) is 0 Å². The molecule has 0 bridgehead atoms. The number of hydrogen-bond donors (Lipinski definition) is 0. The Bertz CT molecular complexity index is 269. The van der Waals surface area contributed by atoms with E-state index in [-0.39, 0.29) is 5.75 Å². The lowest BCUT2D eigenvalue weighted by Gasteiger charge is -2.33. The van der Waals surface area contributed by atoms with E-state index < -0.39 is 10.0 Å². The van der Waals surface area contributed by atoms with Crippen LogP contribution in [0.2, 0.25) is 0 Å². The Balaban J connectivity index is 2.36. The summed E-state index contributed by atoms with van der Waals surface area (Å²) in [6.07, 6.45) is 2.41. The van der Waals surface area contributed by atoms with Crippen LogP contribution in [0.15, 0.2) is 0 Å². The van der Waals surface area contributed by atoms with Crippen LogP contribution in [0.1, 0.15) is 26.7 Å². The predicted molar refractivity (Wildman–Crippen MR) is 62.4 cm³/mol. The zero-order valence-corrected chi connectivity index (χ0v) is 10.6. The molecule has 1 heterocycles. The van der Waals surface area contributed by atoms with Gasteiger partial charge in [-0.3, -0.25) is 0 Å². The first kappa shape index (κ1) is 12.9. The minimum atomic E-state index is -2.96. The summed E-state index contributed by atoms with van der Waals surface area (Å²) in [6, 6.07) is 0. The Labute approximate surface area is 93.3 Å². The first-order chi connectivity index (χ1) is 7.10. The van der Waals surface area contributed by atoms with Gasteiger partial charge in [-0.25, -0.2) is 8.42 Å². The van der Waals surface area contributed by atoms with Gasteiger partial charge in [0.2, 0.25) is 10.0 Å². The molecule has 0 N–H and O–H groups in total. The first-order valence-corrected chi connectivity index (χ1v) is 7.41. The minimum Gasteiger partial charge on any atom is -0.301 e. The maximum Gasteiger partial charge on any atom is 0.213 e. The standard InChI is InChI=1S/C10H22N2O2S/c1-3-5-6-11-7-9-12(10-8-11)15(13,14)4-2/h3-10H2,1-2H3. The summed E-state index contributed by atoms with van der Waals surface area (Å²) in [7, 11) is -2.96. The molecule has 4 nitrogen and oxygen atoms in total. The average molecular weight is 234 g/mol. The summed E-state index contributed by atoms with van der Waals surface area (Å²) < 4.78 is 24.8. The van der Waals surface area contributed by atoms with Crippen LogP contribution in [0.25, 0.3) is 0 Å². The van der Waals surface area contributed by atoms with E-state index in [9.17, 15) is 8.42 Å². The SMILES string of the molecule is CCCCN1CCN(S(=O)(=O)CC)CC1. The minimum absolute atomic E-state index is 0.224. The quantitative estimate of drug-likeness (QED) is 0.705. The monoisotopic (exact) mass is 234 g/mol. The lowest BCUT2D eigenvalue weighted by molar-refractivity contribution is 0.186. The molecule has 0 amide bonds. The van der Waals surface area contributed by atoms with E-state index in [1.54, 1.807) is 11.2 Å². The smallest absolute Gasteiger partial charge is 0.213 e. The van der Waals surface area contributed by atoms with Crippen LogP contribution in [0.5, 0.6) is 0 Å². The van der Waals surface area contributed by atoms with E-state index in [0.29, 0.717) is 13.1 Å². The molecule has 1 aliphatic heterocycles. The Morgan fingerprint density at radius 2 is 1.67 bits per heavy atom. The van der Waals surface area contributed by atoms with Gasteiger partial charge in [-0.05, 0) is 19.9 Å². The number of piperazine rings is 1. The molecule has 15 heavy (non-hydrogen) atoms. The van der Waals surface area contributed by atoms with Gasteiger partial charge in [0.1, 0.15) is 0 Å². The third-order valence-electron chi connectivity index (χ3n) is 2.92. The molecule has 0 radical (unpaired) electrons. The molecular formula is C10H22N2O2S. The van der Waals surface area contributed by atoms with Crippen LogP contribution in [-0.2, 0) is 10.0 Å². The van der Waals surface area contributed by atoms with Gasteiger partial charge >= 0.3 is 0 Å². The van der Waals surface area contributed by atoms with Gasteiger partial charge in [0.15, 0.2) is 0 Å². The molecule has 0 aromatic carbocycles. The summed E-state index contributed by atoms with van der Waals surface area (Å²) in [5, 5.41) is 0. The lowest BCUT2D eigenvalue weighted by atomic mass is 10.3. The molecule has 5 heteroatoms. The van der Waals surface area contributed by atoms with Gasteiger partial charge in [0.05, 0.1) is 5.75 Å². The second-order valence-corrected chi connectivity index (χ2v) is 6.25. The van der Waals surface area contributed by atoms with E-state index in [1.807, 2.05) is 0 Å². The molecule has 1 fully saturated rings. The third-order valence-corrected chi connectivity index (χ3v) is 4.80. The van der Waals surface area contributed by atoms with Crippen LogP contribution in [-0.4, -0.2) is 56.1 Å². The molecule has 0 aliphatic carbocycles. The van der Waals surface area contributed by atoms with Crippen molar-refractivity contribution < 1.29 is 8.42 Å². The summed E-state index contributed by atoms with van der Waals surface area (Å²) in [6.45, 7) is 8.10. The highest BCUT2D eigenvalue weighted by atomic mass is 32.2. The lowest BCUT2D eigenvalue weighted by Crippen LogP contribution is -2.49. The summed E-state index contributed by atoms with van der Waals surface area (Å²) >= 11 is 0. The highest BCUT2D eigenvalue weighted by molar-refractivity contribution is 7.89. The number of nitrogens with zero attached hydrogens (tertiary/aromatic N) is 2. The van der Waals surface area contributed by atoms with Gasteiger partial charge < -0.3 is 4.90 Å². The fourth-order valence-corrected chi connectivity index (χ4v) is 2.88. The van der Waals surface area contributed by atoms with Gasteiger partial charge in [-0.1, -0.05) is 13.3 Å². The van der Waals surface area contributed by atoms with E-state index >= 15 is 0 Å². The van der Waals surface area contributed by atoms with Crippen molar-refractivity contribution in [1.29, 1.82) is 0 Å². The maximum atomic E-state index is 11.6. The number of unbranched alkanes of at least 4 members (excludes halogenated alkanes) is 1. The highest BCUT2D eigenvalue weighted by Crippen LogP contribution is 2.08. The van der Waals surface area contributed by atoms with Crippen molar-refractivity contribution in [3.8, 4) is 0 Å². The van der Waals surface area contributed by atoms with Crippen molar-refractivity contribution in [3.05, 3.63) is 0 Å². The van der Waals surface area contributed by atoms with Crippen molar-refractivity contribution in [2.75, 3.05) is 38.5 Å². The molecule has 1 aliphatic rings. The molecule has 0 unspecified atom stereocenters. The molecule has 1 saturated heterocycles. The third kappa shape index (κ3) is 3.74. The van der Waals surface area contributed by atoms with Crippen LogP contribution in [0.4, 0.5) is 0 Å². The molecular weight excluding hydrogens is 212 g/mol. The molecule has 1 rings (SSSR count). The predicted octanol–water partition coefficient (Wildman–Crippen LogP) is 0.754. The topological polar surface area (TPSA) is 40.6 Å². The Morgan fingerprint density at radius 1 is 1.07 bits per heavy atom. The molecule has 0 saturated carbocycles. The van der Waals surface area contributed by atoms with Gasteiger partial charge in [-0.2, -0.15) is 4.31 Å². The second-order valence-electron chi connectivity index (χ2n) is 3.99. The fraction of sp³-hybridized carbons (Fsp3) is 1.00. The van der Waals surface area contributed by atoms with Gasteiger partial charge in [-0.15, -0.1) is 0 Å². The van der Waals surface area contributed by atoms with Gasteiger partial charge in [0.25, 0.3) is 0 Å². The molecule has 90 valence electrons. The van der Waals surface area contributed by atoms with Crippen LogP contribution < -0.4 is 0 Å². The van der Waals surface area contributed by atoms with Crippen molar-refractivity contribution in [3.63, 3.8) is 0 Å². The maximum absolute atomic E-state index is 11.6. The molecule has 0 spiro atoms. The van der Waals surface area contributed by atoms with Crippen molar-refractivity contribution in [2.24, 2.45) is 0 Å². The van der Waals surface area contributed by atoms with E-state index in [4.69, 9.17) is 0 Å². The van der Waals surface area contributed by atoms with Crippen molar-refractivity contribution in [2.45, 2.75) is 26.7 Å². The highest BCUT2D eigenvalue weighted by Gasteiger charge is 2.24. The fourth-order valence-electron chi connectivity index (χ4n) is 1.80. The zero-order chi connectivity index (χ0) is 11.3. The van der Waals surface area contributed by atoms with E-state index in [2.05, 4.69) is 11.8 Å². The normalized spacial score (nSPS) is 20.7. The number of rotatable bonds is 5. The average Bonchev–Trinajstić information content (AvgIpc) is 2.27. The number of hydrogen-bond acceptors (Lipinski definition) is 3. The Morgan fingerprint density at radius 3 is 2.13 bits per heavy atom. The largest absolute Gasteiger partial charge is 0.301 e.